The van der Waals surface area contributed by atoms with Crippen molar-refractivity contribution in [3.63, 3.8) is 0 Å². The summed E-state index contributed by atoms with van der Waals surface area (Å²) in [5, 5.41) is 0. The Morgan fingerprint density at radius 3 is 1.21 bits per heavy atom. The fourth-order valence-corrected chi connectivity index (χ4v) is 7.27. The quantitative estimate of drug-likeness (QED) is 0.0195. The number of carbonyl (C=O) groups is 2. The van der Waals surface area contributed by atoms with E-state index in [1.165, 1.54) is 38.5 Å². The van der Waals surface area contributed by atoms with Crippen LogP contribution in [0.15, 0.2) is 134 Å². The second-order valence-corrected chi connectivity index (χ2v) is 19.9. The molecule has 0 aliphatic heterocycles. The molecule has 0 amide bonds. The molecule has 2 unspecified atom stereocenters. The van der Waals surface area contributed by atoms with E-state index >= 15 is 0 Å². The van der Waals surface area contributed by atoms with E-state index in [1.54, 1.807) is 0 Å². The first-order valence-electron chi connectivity index (χ1n) is 26.9. The normalized spacial score (nSPS) is 14.4. The van der Waals surface area contributed by atoms with Crippen LogP contribution in [-0.4, -0.2) is 70.0 Å². The van der Waals surface area contributed by atoms with Crippen LogP contribution in [0.3, 0.4) is 0 Å². The van der Waals surface area contributed by atoms with Crippen molar-refractivity contribution in [2.75, 3.05) is 47.5 Å². The van der Waals surface area contributed by atoms with Gasteiger partial charge in [-0.1, -0.05) is 205 Å². The molecule has 0 heterocycles. The van der Waals surface area contributed by atoms with E-state index in [0.717, 1.165) is 109 Å². The lowest BCUT2D eigenvalue weighted by atomic mass is 10.1. The third-order valence-electron chi connectivity index (χ3n) is 10.7. The topological polar surface area (TPSA) is 111 Å². The van der Waals surface area contributed by atoms with Crippen LogP contribution in [-0.2, 0) is 32.7 Å². The van der Waals surface area contributed by atoms with Gasteiger partial charge >= 0.3 is 11.9 Å². The number of carbonyl (C=O) groups excluding carboxylic acids is 2. The Morgan fingerprint density at radius 1 is 0.457 bits per heavy atom. The molecule has 0 aliphatic carbocycles. The average Bonchev–Trinajstić information content (AvgIpc) is 3.32. The first-order valence-corrected chi connectivity index (χ1v) is 28.4. The van der Waals surface area contributed by atoms with Gasteiger partial charge in [-0.25, -0.2) is 0 Å². The molecule has 9 nitrogen and oxygen atoms in total. The SMILES string of the molecule is CC/C=C\C/C=C\C/C=C\C/C=C\C/C=C\C/C=C\C/C=C\C/C=C\C/C=C\C/C=C\C/C=C\CCCCCC(=O)OC(COC(=O)CCCCCCCCCCC)COP(=O)([O-])OCC[N+](C)(C)C. The number of rotatable bonds is 47. The molecule has 0 rings (SSSR count). The third kappa shape index (κ3) is 53.5. The zero-order valence-electron chi connectivity index (χ0n) is 44.7. The van der Waals surface area contributed by atoms with Gasteiger partial charge in [0.2, 0.25) is 0 Å². The summed E-state index contributed by atoms with van der Waals surface area (Å²) in [5.74, 6) is -0.887. The molecule has 0 bridgehead atoms. The maximum atomic E-state index is 12.7. The summed E-state index contributed by atoms with van der Waals surface area (Å²) in [6.45, 7) is 4.02. The first kappa shape index (κ1) is 66.2. The number of phosphoric acid groups is 1. The highest BCUT2D eigenvalue weighted by Crippen LogP contribution is 2.38. The summed E-state index contributed by atoms with van der Waals surface area (Å²) >= 11 is 0. The Kier molecular flexibility index (Phi) is 47.3. The number of hydrogen-bond donors (Lipinski definition) is 0. The number of unbranched alkanes of at least 4 members (excludes halogenated alkanes) is 11. The predicted octanol–water partition coefficient (Wildman–Crippen LogP) is 15.9. The highest BCUT2D eigenvalue weighted by atomic mass is 31.2. The van der Waals surface area contributed by atoms with Crippen LogP contribution in [0.1, 0.15) is 181 Å². The number of allylic oxidation sites excluding steroid dienone is 22. The average molecular weight is 992 g/mol. The summed E-state index contributed by atoms with van der Waals surface area (Å²) in [4.78, 5) is 37.5. The lowest BCUT2D eigenvalue weighted by molar-refractivity contribution is -0.870. The van der Waals surface area contributed by atoms with Crippen molar-refractivity contribution >= 4 is 19.8 Å². The smallest absolute Gasteiger partial charge is 0.306 e. The molecule has 10 heteroatoms. The molecule has 0 spiro atoms. The van der Waals surface area contributed by atoms with Crippen molar-refractivity contribution < 1.29 is 42.1 Å². The molecule has 0 radical (unpaired) electrons. The number of phosphoric ester groups is 1. The van der Waals surface area contributed by atoms with Crippen molar-refractivity contribution in [1.29, 1.82) is 0 Å². The van der Waals surface area contributed by atoms with Crippen LogP contribution in [0.5, 0.6) is 0 Å². The molecule has 70 heavy (non-hydrogen) atoms. The highest BCUT2D eigenvalue weighted by molar-refractivity contribution is 7.45. The van der Waals surface area contributed by atoms with E-state index in [4.69, 9.17) is 18.5 Å². The van der Waals surface area contributed by atoms with E-state index in [0.29, 0.717) is 17.4 Å². The number of ether oxygens (including phenoxy) is 2. The van der Waals surface area contributed by atoms with Gasteiger partial charge in [0.1, 0.15) is 19.8 Å². The second kappa shape index (κ2) is 50.1. The number of quaternary nitrogens is 1. The Labute approximate surface area is 428 Å². The second-order valence-electron chi connectivity index (χ2n) is 18.5. The van der Waals surface area contributed by atoms with Crippen molar-refractivity contribution in [3.05, 3.63) is 134 Å². The van der Waals surface area contributed by atoms with E-state index in [2.05, 4.69) is 148 Å². The van der Waals surface area contributed by atoms with Gasteiger partial charge in [0, 0.05) is 12.8 Å². The summed E-state index contributed by atoms with van der Waals surface area (Å²) in [6, 6.07) is 0. The fraction of sp³-hybridized carbons (Fsp3) is 0.600. The molecule has 0 N–H and O–H groups in total. The van der Waals surface area contributed by atoms with Crippen LogP contribution in [0, 0.1) is 0 Å². The Hall–Kier alpha value is -3.85. The van der Waals surface area contributed by atoms with Crippen LogP contribution in [0.4, 0.5) is 0 Å². The van der Waals surface area contributed by atoms with Crippen LogP contribution >= 0.6 is 7.82 Å². The molecule has 0 saturated heterocycles. The van der Waals surface area contributed by atoms with Gasteiger partial charge in [-0.05, 0) is 96.3 Å². The fourth-order valence-electron chi connectivity index (χ4n) is 6.54. The molecule has 0 aliphatic rings. The molecular formula is C60H98NO8P. The van der Waals surface area contributed by atoms with E-state index < -0.39 is 32.5 Å². The van der Waals surface area contributed by atoms with Gasteiger partial charge in [-0.3, -0.25) is 14.2 Å². The molecule has 0 aromatic rings. The van der Waals surface area contributed by atoms with E-state index in [-0.39, 0.29) is 26.1 Å². The largest absolute Gasteiger partial charge is 0.756 e. The van der Waals surface area contributed by atoms with Gasteiger partial charge in [0.05, 0.1) is 27.7 Å². The van der Waals surface area contributed by atoms with Crippen molar-refractivity contribution in [3.8, 4) is 0 Å². The minimum Gasteiger partial charge on any atom is -0.756 e. The van der Waals surface area contributed by atoms with Gasteiger partial charge in [0.15, 0.2) is 6.10 Å². The van der Waals surface area contributed by atoms with Crippen molar-refractivity contribution in [2.45, 2.75) is 187 Å². The van der Waals surface area contributed by atoms with Crippen LogP contribution in [0.2, 0.25) is 0 Å². The zero-order chi connectivity index (χ0) is 51.3. The van der Waals surface area contributed by atoms with Gasteiger partial charge < -0.3 is 27.9 Å². The summed E-state index contributed by atoms with van der Waals surface area (Å²) in [6.07, 6.45) is 72.3. The minimum atomic E-state index is -4.64. The molecular weight excluding hydrogens is 894 g/mol. The van der Waals surface area contributed by atoms with E-state index in [9.17, 15) is 19.0 Å². The molecule has 0 saturated carbocycles. The molecule has 2 atom stereocenters. The monoisotopic (exact) mass is 992 g/mol. The number of nitrogens with zero attached hydrogens (tertiary/aromatic N) is 1. The number of likely N-dealkylation sites (N-methyl/N-ethyl adjacent to an activating group) is 1. The van der Waals surface area contributed by atoms with Gasteiger partial charge in [-0.15, -0.1) is 0 Å². The van der Waals surface area contributed by atoms with Crippen LogP contribution < -0.4 is 4.89 Å². The lowest BCUT2D eigenvalue weighted by Crippen LogP contribution is -2.37. The maximum absolute atomic E-state index is 12.7. The van der Waals surface area contributed by atoms with Crippen molar-refractivity contribution in [1.82, 2.24) is 0 Å². The first-order chi connectivity index (χ1) is 34.0. The van der Waals surface area contributed by atoms with Gasteiger partial charge in [0.25, 0.3) is 7.82 Å². The summed E-state index contributed by atoms with van der Waals surface area (Å²) in [7, 11) is 1.12. The Bertz CT molecular complexity index is 1640. The van der Waals surface area contributed by atoms with E-state index in [1.807, 2.05) is 21.1 Å². The Morgan fingerprint density at radius 2 is 0.814 bits per heavy atom. The minimum absolute atomic E-state index is 0.0439. The predicted molar refractivity (Wildman–Crippen MR) is 295 cm³/mol. The third-order valence-corrected chi connectivity index (χ3v) is 11.6. The molecule has 0 aromatic carbocycles. The summed E-state index contributed by atoms with van der Waals surface area (Å²) < 4.78 is 33.9. The molecule has 0 fully saturated rings. The molecule has 396 valence electrons. The Balaban J connectivity index is 4.20. The van der Waals surface area contributed by atoms with Gasteiger partial charge in [-0.2, -0.15) is 0 Å². The standard InChI is InChI=1S/C60H98NO8P/c1-6-8-10-12-14-16-17-18-19-20-21-22-23-24-25-26-27-28-29-30-31-32-33-34-35-36-37-38-39-40-41-42-43-45-47-49-51-53-60(63)69-58(57-68-70(64,65)67-55-54-61(3,4)5)56-66-59(62)52-50-48-46-44-15-13-11-9-7-2/h8,10,14,16,18-19,21-22,24-25,27-28,30-31,33-34,36-37,39-40,42-43,58H,6-7,9,11-13,15,17,20,23,26,29,32,35,38,41,44-57H2,1-5H3/b10-8-,16-14-,19-18-,22-21-,25-24-,28-27-,31-30-,34-33-,37-36-,40-39-,43-42-. The number of esters is 2. The van der Waals surface area contributed by atoms with Crippen molar-refractivity contribution in [2.24, 2.45) is 0 Å². The molecule has 0 aromatic heterocycles. The van der Waals surface area contributed by atoms with Crippen LogP contribution in [0.25, 0.3) is 0 Å². The maximum Gasteiger partial charge on any atom is 0.306 e. The lowest BCUT2D eigenvalue weighted by Gasteiger charge is -2.28. The zero-order valence-corrected chi connectivity index (χ0v) is 45.5. The number of hydrogen-bond acceptors (Lipinski definition) is 8. The highest BCUT2D eigenvalue weighted by Gasteiger charge is 2.21. The summed E-state index contributed by atoms with van der Waals surface area (Å²) in [5.41, 5.74) is 0.